The fourth-order valence-electron chi connectivity index (χ4n) is 1.42. The molecule has 2 aromatic carbocycles. The van der Waals surface area contributed by atoms with Crippen molar-refractivity contribution in [2.24, 2.45) is 0 Å². The maximum Gasteiger partial charge on any atom is 0.175 e. The van der Waals surface area contributed by atoms with Crippen molar-refractivity contribution in [1.29, 1.82) is 0 Å². The minimum atomic E-state index is -3.24. The van der Waals surface area contributed by atoms with Gasteiger partial charge >= 0.3 is 0 Å². The summed E-state index contributed by atoms with van der Waals surface area (Å²) >= 11 is 0. The van der Waals surface area contributed by atoms with Crippen molar-refractivity contribution in [3.8, 4) is 17.2 Å². The highest BCUT2D eigenvalue weighted by Gasteiger charge is 2.08. The van der Waals surface area contributed by atoms with Crippen LogP contribution in [0.3, 0.4) is 0 Å². The minimum Gasteiger partial charge on any atom is -0.508 e. The summed E-state index contributed by atoms with van der Waals surface area (Å²) < 4.78 is 28.3. The lowest BCUT2D eigenvalue weighted by molar-refractivity contribution is 0.463. The van der Waals surface area contributed by atoms with E-state index in [0.29, 0.717) is 11.5 Å². The highest BCUT2D eigenvalue weighted by atomic mass is 32.2. The summed E-state index contributed by atoms with van der Waals surface area (Å²) in [6, 6.07) is 12.4. The number of ether oxygens (including phenoxy) is 1. The lowest BCUT2D eigenvalue weighted by Gasteiger charge is -2.07. The van der Waals surface area contributed by atoms with E-state index in [4.69, 9.17) is 9.84 Å². The predicted octanol–water partition coefficient (Wildman–Crippen LogP) is 2.59. The maximum atomic E-state index is 11.4. The van der Waals surface area contributed by atoms with Gasteiger partial charge in [-0.3, -0.25) is 0 Å². The van der Waals surface area contributed by atoms with E-state index in [1.807, 2.05) is 0 Å². The van der Waals surface area contributed by atoms with Crippen LogP contribution in [0.5, 0.6) is 17.2 Å². The van der Waals surface area contributed by atoms with Gasteiger partial charge in [0, 0.05) is 6.26 Å². The Hall–Kier alpha value is -2.01. The third-order valence-electron chi connectivity index (χ3n) is 2.31. The Morgan fingerprint density at radius 2 is 1.67 bits per heavy atom. The van der Waals surface area contributed by atoms with E-state index < -0.39 is 9.84 Å². The fourth-order valence-corrected chi connectivity index (χ4v) is 2.07. The van der Waals surface area contributed by atoms with E-state index >= 15 is 0 Å². The van der Waals surface area contributed by atoms with Crippen LogP contribution in [0.2, 0.25) is 0 Å². The molecule has 94 valence electrons. The molecular weight excluding hydrogens is 252 g/mol. The molecule has 1 N–H and O–H groups in total. The van der Waals surface area contributed by atoms with Crippen LogP contribution < -0.4 is 4.74 Å². The van der Waals surface area contributed by atoms with Gasteiger partial charge in [0.25, 0.3) is 0 Å². The standard InChI is InChI=1S/C13H12O4S/c1-18(15,16)13-4-2-3-12(9-13)17-11-7-5-10(14)6-8-11/h2-9,14H,1H3. The molecule has 0 spiro atoms. The monoisotopic (exact) mass is 264 g/mol. The smallest absolute Gasteiger partial charge is 0.175 e. The van der Waals surface area contributed by atoms with Crippen LogP contribution >= 0.6 is 0 Å². The highest BCUT2D eigenvalue weighted by Crippen LogP contribution is 2.25. The van der Waals surface area contributed by atoms with E-state index in [1.54, 1.807) is 24.3 Å². The van der Waals surface area contributed by atoms with E-state index in [-0.39, 0.29) is 10.6 Å². The Bertz CT molecular complexity index is 645. The van der Waals surface area contributed by atoms with Crippen LogP contribution in [-0.4, -0.2) is 19.8 Å². The number of hydrogen-bond donors (Lipinski definition) is 1. The Morgan fingerprint density at radius 3 is 2.28 bits per heavy atom. The zero-order valence-electron chi connectivity index (χ0n) is 9.70. The molecule has 0 aliphatic carbocycles. The van der Waals surface area contributed by atoms with Crippen molar-refractivity contribution >= 4 is 9.84 Å². The Kier molecular flexibility index (Phi) is 3.25. The van der Waals surface area contributed by atoms with Gasteiger partial charge in [-0.25, -0.2) is 8.42 Å². The number of rotatable bonds is 3. The Balaban J connectivity index is 2.27. The van der Waals surface area contributed by atoms with Gasteiger partial charge in [-0.15, -0.1) is 0 Å². The van der Waals surface area contributed by atoms with Crippen molar-refractivity contribution in [1.82, 2.24) is 0 Å². The molecule has 0 saturated carbocycles. The fraction of sp³-hybridized carbons (Fsp3) is 0.0769. The topological polar surface area (TPSA) is 63.6 Å². The second-order valence-electron chi connectivity index (χ2n) is 3.84. The van der Waals surface area contributed by atoms with Gasteiger partial charge in [-0.1, -0.05) is 6.07 Å². The highest BCUT2D eigenvalue weighted by molar-refractivity contribution is 7.90. The third-order valence-corrected chi connectivity index (χ3v) is 3.42. The summed E-state index contributed by atoms with van der Waals surface area (Å²) in [6.07, 6.45) is 1.15. The molecule has 0 aromatic heterocycles. The van der Waals surface area contributed by atoms with E-state index in [2.05, 4.69) is 0 Å². The summed E-state index contributed by atoms with van der Waals surface area (Å²) in [7, 11) is -3.24. The van der Waals surface area contributed by atoms with Gasteiger partial charge in [0.2, 0.25) is 0 Å². The van der Waals surface area contributed by atoms with Crippen LogP contribution in [0.15, 0.2) is 53.4 Å². The summed E-state index contributed by atoms with van der Waals surface area (Å²) in [4.78, 5) is 0.207. The van der Waals surface area contributed by atoms with Crippen molar-refractivity contribution < 1.29 is 18.3 Å². The van der Waals surface area contributed by atoms with E-state index in [1.165, 1.54) is 24.3 Å². The van der Waals surface area contributed by atoms with Crippen LogP contribution in [0, 0.1) is 0 Å². The first-order valence-corrected chi connectivity index (χ1v) is 7.11. The summed E-state index contributed by atoms with van der Waals surface area (Å²) in [5.74, 6) is 1.11. The number of aromatic hydroxyl groups is 1. The number of hydrogen-bond acceptors (Lipinski definition) is 4. The first-order chi connectivity index (χ1) is 8.45. The summed E-state index contributed by atoms with van der Waals surface area (Å²) in [5, 5.41) is 9.14. The van der Waals surface area contributed by atoms with Gasteiger partial charge in [-0.05, 0) is 42.5 Å². The molecular formula is C13H12O4S. The molecule has 0 aliphatic heterocycles. The molecule has 4 nitrogen and oxygen atoms in total. The normalized spacial score (nSPS) is 11.2. The quantitative estimate of drug-likeness (QED) is 0.925. The van der Waals surface area contributed by atoms with Crippen LogP contribution in [0.25, 0.3) is 0 Å². The van der Waals surface area contributed by atoms with Gasteiger partial charge < -0.3 is 9.84 Å². The number of benzene rings is 2. The molecule has 0 amide bonds. The lowest BCUT2D eigenvalue weighted by Crippen LogP contribution is -1.96. The maximum absolute atomic E-state index is 11.4. The summed E-state index contributed by atoms with van der Waals surface area (Å²) in [5.41, 5.74) is 0. The average molecular weight is 264 g/mol. The van der Waals surface area contributed by atoms with Gasteiger partial charge in [0.05, 0.1) is 4.90 Å². The van der Waals surface area contributed by atoms with Crippen LogP contribution in [-0.2, 0) is 9.84 Å². The third kappa shape index (κ3) is 3.01. The molecule has 2 aromatic rings. The van der Waals surface area contributed by atoms with Gasteiger partial charge in [0.1, 0.15) is 17.2 Å². The molecule has 0 heterocycles. The molecule has 2 rings (SSSR count). The summed E-state index contributed by atoms with van der Waals surface area (Å²) in [6.45, 7) is 0. The van der Waals surface area contributed by atoms with Crippen molar-refractivity contribution in [2.75, 3.05) is 6.26 Å². The van der Waals surface area contributed by atoms with Gasteiger partial charge in [0.15, 0.2) is 9.84 Å². The number of phenols is 1. The molecule has 0 fully saturated rings. The van der Waals surface area contributed by atoms with E-state index in [9.17, 15) is 8.42 Å². The molecule has 5 heteroatoms. The number of sulfone groups is 1. The predicted molar refractivity (Wildman–Crippen MR) is 67.7 cm³/mol. The minimum absolute atomic E-state index is 0.146. The van der Waals surface area contributed by atoms with Crippen LogP contribution in [0.1, 0.15) is 0 Å². The largest absolute Gasteiger partial charge is 0.508 e. The van der Waals surface area contributed by atoms with Crippen LogP contribution in [0.4, 0.5) is 0 Å². The Labute approximate surface area is 105 Å². The second-order valence-corrected chi connectivity index (χ2v) is 5.86. The molecule has 0 unspecified atom stereocenters. The average Bonchev–Trinajstić information content (AvgIpc) is 2.31. The zero-order valence-corrected chi connectivity index (χ0v) is 10.5. The first kappa shape index (κ1) is 12.4. The lowest BCUT2D eigenvalue weighted by atomic mass is 10.3. The van der Waals surface area contributed by atoms with E-state index in [0.717, 1.165) is 6.26 Å². The van der Waals surface area contributed by atoms with Crippen molar-refractivity contribution in [2.45, 2.75) is 4.90 Å². The molecule has 0 atom stereocenters. The molecule has 18 heavy (non-hydrogen) atoms. The van der Waals surface area contributed by atoms with Crippen molar-refractivity contribution in [3.63, 3.8) is 0 Å². The number of phenolic OH excluding ortho intramolecular Hbond substituents is 1. The SMILES string of the molecule is CS(=O)(=O)c1cccc(Oc2ccc(O)cc2)c1. The zero-order chi connectivity index (χ0) is 13.2. The Morgan fingerprint density at radius 1 is 1.00 bits per heavy atom. The molecule has 0 aliphatic rings. The van der Waals surface area contributed by atoms with Gasteiger partial charge in [-0.2, -0.15) is 0 Å². The first-order valence-electron chi connectivity index (χ1n) is 5.22. The van der Waals surface area contributed by atoms with Crippen molar-refractivity contribution in [3.05, 3.63) is 48.5 Å². The second kappa shape index (κ2) is 4.70. The molecule has 0 radical (unpaired) electrons. The molecule has 0 bridgehead atoms. The molecule has 0 saturated heterocycles.